The Kier molecular flexibility index (Phi) is 5.82. The van der Waals surface area contributed by atoms with Crippen LogP contribution in [-0.4, -0.2) is 28.6 Å². The second-order valence-corrected chi connectivity index (χ2v) is 6.25. The third-order valence-electron chi connectivity index (χ3n) is 3.46. The molecule has 0 aliphatic rings. The molecule has 3 rings (SSSR count). The van der Waals surface area contributed by atoms with E-state index in [0.29, 0.717) is 15.9 Å². The van der Waals surface area contributed by atoms with Crippen molar-refractivity contribution < 1.29 is 18.7 Å². The molecular weight excluding hydrogens is 419 g/mol. The van der Waals surface area contributed by atoms with Gasteiger partial charge in [0.1, 0.15) is 17.3 Å². The number of hydrogen-bond donors (Lipinski definition) is 3. The predicted octanol–water partition coefficient (Wildman–Crippen LogP) is 2.82. The molecule has 0 aliphatic heterocycles. The minimum atomic E-state index is -0.581. The number of amides is 2. The van der Waals surface area contributed by atoms with Crippen LogP contribution < -0.4 is 15.6 Å². The van der Waals surface area contributed by atoms with E-state index in [-0.39, 0.29) is 12.3 Å². The van der Waals surface area contributed by atoms with E-state index in [1.54, 1.807) is 6.07 Å². The molecule has 3 aromatic rings. The van der Waals surface area contributed by atoms with E-state index in [1.807, 2.05) is 30.3 Å². The van der Waals surface area contributed by atoms with Crippen LogP contribution in [0.4, 0.5) is 4.39 Å². The van der Waals surface area contributed by atoms with Gasteiger partial charge in [-0.2, -0.15) is 5.10 Å². The van der Waals surface area contributed by atoms with Crippen LogP contribution >= 0.6 is 15.9 Å². The molecule has 0 spiro atoms. The highest BCUT2D eigenvalue weighted by Gasteiger charge is 2.12. The average molecular weight is 433 g/mol. The molecule has 0 aliphatic carbocycles. The molecule has 0 atom stereocenters. The predicted molar refractivity (Wildman–Crippen MR) is 99.2 cm³/mol. The van der Waals surface area contributed by atoms with Crippen molar-refractivity contribution >= 4 is 27.7 Å². The zero-order valence-corrected chi connectivity index (χ0v) is 15.4. The van der Waals surface area contributed by atoms with Crippen molar-refractivity contribution in [3.05, 3.63) is 70.6 Å². The highest BCUT2D eigenvalue weighted by Crippen LogP contribution is 2.25. The number of aromatic amines is 1. The number of hydrogen-bond acceptors (Lipinski definition) is 4. The Labute approximate surface area is 162 Å². The van der Waals surface area contributed by atoms with E-state index in [1.165, 1.54) is 18.2 Å². The third-order valence-corrected chi connectivity index (χ3v) is 4.08. The number of carbonyl (C=O) groups is 2. The summed E-state index contributed by atoms with van der Waals surface area (Å²) in [6.07, 6.45) is 0. The van der Waals surface area contributed by atoms with Crippen molar-refractivity contribution in [1.82, 2.24) is 21.0 Å². The number of H-pyrrole nitrogens is 1. The van der Waals surface area contributed by atoms with Gasteiger partial charge in [-0.3, -0.25) is 25.5 Å². The van der Waals surface area contributed by atoms with Gasteiger partial charge in [-0.1, -0.05) is 30.3 Å². The van der Waals surface area contributed by atoms with Gasteiger partial charge in [-0.05, 0) is 40.2 Å². The SMILES string of the molecule is O=C(COc1ccc(F)cc1Br)NNC(=O)c1cc(-c2ccccc2)n[nH]1. The van der Waals surface area contributed by atoms with Crippen LogP contribution in [-0.2, 0) is 4.79 Å². The van der Waals surface area contributed by atoms with Crippen molar-refractivity contribution in [3.8, 4) is 17.0 Å². The quantitative estimate of drug-likeness (QED) is 0.540. The second kappa shape index (κ2) is 8.45. The number of ether oxygens (including phenoxy) is 1. The maximum absolute atomic E-state index is 13.0. The maximum Gasteiger partial charge on any atom is 0.287 e. The number of carbonyl (C=O) groups excluding carboxylic acids is 2. The fraction of sp³-hybridized carbons (Fsp3) is 0.0556. The van der Waals surface area contributed by atoms with Crippen LogP contribution in [0.1, 0.15) is 10.5 Å². The van der Waals surface area contributed by atoms with Crippen LogP contribution in [0.25, 0.3) is 11.3 Å². The van der Waals surface area contributed by atoms with Crippen molar-refractivity contribution in [2.24, 2.45) is 0 Å². The van der Waals surface area contributed by atoms with Crippen molar-refractivity contribution in [2.45, 2.75) is 0 Å². The third kappa shape index (κ3) is 4.91. The van der Waals surface area contributed by atoms with Crippen LogP contribution in [0.3, 0.4) is 0 Å². The van der Waals surface area contributed by atoms with Gasteiger partial charge >= 0.3 is 0 Å². The maximum atomic E-state index is 13.0. The van der Waals surface area contributed by atoms with Crippen LogP contribution in [0.15, 0.2) is 59.1 Å². The largest absolute Gasteiger partial charge is 0.483 e. The number of nitrogens with zero attached hydrogens (tertiary/aromatic N) is 1. The molecule has 0 fully saturated rings. The summed E-state index contributed by atoms with van der Waals surface area (Å²) in [6, 6.07) is 14.7. The molecule has 1 aromatic heterocycles. The van der Waals surface area contributed by atoms with Crippen molar-refractivity contribution in [2.75, 3.05) is 6.61 Å². The highest BCUT2D eigenvalue weighted by molar-refractivity contribution is 9.10. The standard InChI is InChI=1S/C18H14BrFN4O3/c19-13-8-12(20)6-7-16(13)27-10-17(25)23-24-18(26)15-9-14(21-22-15)11-4-2-1-3-5-11/h1-9H,10H2,(H,21,22)(H,23,25)(H,24,26). The Morgan fingerprint density at radius 2 is 1.89 bits per heavy atom. The molecular formula is C18H14BrFN4O3. The molecule has 0 unspecified atom stereocenters. The molecule has 1 heterocycles. The number of rotatable bonds is 5. The Hall–Kier alpha value is -3.20. The minimum absolute atomic E-state index is 0.191. The normalized spacial score (nSPS) is 10.3. The van der Waals surface area contributed by atoms with Gasteiger partial charge in [0.2, 0.25) is 0 Å². The summed E-state index contributed by atoms with van der Waals surface area (Å²) in [4.78, 5) is 23.9. The van der Waals surface area contributed by atoms with Gasteiger partial charge in [0.15, 0.2) is 6.61 Å². The Balaban J connectivity index is 1.50. The minimum Gasteiger partial charge on any atom is -0.483 e. The van der Waals surface area contributed by atoms with Crippen LogP contribution in [0, 0.1) is 5.82 Å². The molecule has 0 bridgehead atoms. The molecule has 7 nitrogen and oxygen atoms in total. The number of aromatic nitrogens is 2. The fourth-order valence-corrected chi connectivity index (χ4v) is 2.63. The summed E-state index contributed by atoms with van der Waals surface area (Å²) in [6.45, 7) is -0.358. The Morgan fingerprint density at radius 1 is 1.11 bits per heavy atom. The van der Waals surface area contributed by atoms with Gasteiger partial charge in [0.05, 0.1) is 10.2 Å². The van der Waals surface area contributed by atoms with Crippen LogP contribution in [0.2, 0.25) is 0 Å². The van der Waals surface area contributed by atoms with Gasteiger partial charge in [-0.25, -0.2) is 4.39 Å². The zero-order valence-electron chi connectivity index (χ0n) is 13.8. The first-order valence-electron chi connectivity index (χ1n) is 7.81. The molecule has 27 heavy (non-hydrogen) atoms. The lowest BCUT2D eigenvalue weighted by Crippen LogP contribution is -2.44. The summed E-state index contributed by atoms with van der Waals surface area (Å²) >= 11 is 3.13. The smallest absolute Gasteiger partial charge is 0.287 e. The average Bonchev–Trinajstić information content (AvgIpc) is 3.16. The molecule has 3 N–H and O–H groups in total. The van der Waals surface area contributed by atoms with Crippen molar-refractivity contribution in [3.63, 3.8) is 0 Å². The van der Waals surface area contributed by atoms with E-state index < -0.39 is 17.6 Å². The number of nitrogens with one attached hydrogen (secondary N) is 3. The Bertz CT molecular complexity index is 962. The monoisotopic (exact) mass is 432 g/mol. The summed E-state index contributed by atoms with van der Waals surface area (Å²) in [5.74, 6) is -1.26. The summed E-state index contributed by atoms with van der Waals surface area (Å²) in [5.41, 5.74) is 6.15. The van der Waals surface area contributed by atoms with E-state index in [9.17, 15) is 14.0 Å². The molecule has 2 aromatic carbocycles. The number of hydrazine groups is 1. The first kappa shape index (κ1) is 18.6. The van der Waals surface area contributed by atoms with Gasteiger partial charge in [-0.15, -0.1) is 0 Å². The summed E-state index contributed by atoms with van der Waals surface area (Å²) < 4.78 is 18.6. The molecule has 2 amide bonds. The molecule has 0 saturated heterocycles. The number of benzene rings is 2. The molecule has 0 saturated carbocycles. The lowest BCUT2D eigenvalue weighted by atomic mass is 10.1. The lowest BCUT2D eigenvalue weighted by molar-refractivity contribution is -0.123. The Morgan fingerprint density at radius 3 is 2.63 bits per heavy atom. The zero-order chi connectivity index (χ0) is 19.2. The van der Waals surface area contributed by atoms with E-state index >= 15 is 0 Å². The topological polar surface area (TPSA) is 96.1 Å². The highest BCUT2D eigenvalue weighted by atomic mass is 79.9. The first-order valence-corrected chi connectivity index (χ1v) is 8.60. The first-order chi connectivity index (χ1) is 13.0. The summed E-state index contributed by atoms with van der Waals surface area (Å²) in [7, 11) is 0. The lowest BCUT2D eigenvalue weighted by Gasteiger charge is -2.09. The van der Waals surface area contributed by atoms with Crippen LogP contribution in [0.5, 0.6) is 5.75 Å². The fourth-order valence-electron chi connectivity index (χ4n) is 2.16. The van der Waals surface area contributed by atoms with Gasteiger partial charge in [0.25, 0.3) is 11.8 Å². The van der Waals surface area contributed by atoms with E-state index in [4.69, 9.17) is 4.74 Å². The van der Waals surface area contributed by atoms with E-state index in [0.717, 1.165) is 5.56 Å². The second-order valence-electron chi connectivity index (χ2n) is 5.40. The summed E-state index contributed by atoms with van der Waals surface area (Å²) in [5, 5.41) is 6.68. The van der Waals surface area contributed by atoms with Gasteiger partial charge < -0.3 is 4.74 Å². The molecule has 138 valence electrons. The number of halogens is 2. The van der Waals surface area contributed by atoms with E-state index in [2.05, 4.69) is 37.0 Å². The van der Waals surface area contributed by atoms with Crippen molar-refractivity contribution in [1.29, 1.82) is 0 Å². The van der Waals surface area contributed by atoms with Gasteiger partial charge in [0, 0.05) is 5.56 Å². The molecule has 0 radical (unpaired) electrons. The molecule has 9 heteroatoms.